The van der Waals surface area contributed by atoms with Crippen LogP contribution in [0.2, 0.25) is 0 Å². The van der Waals surface area contributed by atoms with Crippen LogP contribution in [0.25, 0.3) is 22.0 Å². The van der Waals surface area contributed by atoms with Gasteiger partial charge < -0.3 is 19.4 Å². The number of nitrogens with zero attached hydrogens (tertiary/aromatic N) is 1. The number of hydrogen-bond acceptors (Lipinski definition) is 5. The molecule has 6 nitrogen and oxygen atoms in total. The van der Waals surface area contributed by atoms with Crippen LogP contribution in [0.4, 0.5) is 5.00 Å². The zero-order chi connectivity index (χ0) is 24.9. The molecule has 2 aromatic heterocycles. The van der Waals surface area contributed by atoms with E-state index in [9.17, 15) is 9.59 Å². The Morgan fingerprint density at radius 1 is 1.03 bits per heavy atom. The van der Waals surface area contributed by atoms with E-state index < -0.39 is 5.97 Å². The smallest absolute Gasteiger partial charge is 0.341 e. The Morgan fingerprint density at radius 2 is 1.77 bits per heavy atom. The van der Waals surface area contributed by atoms with Gasteiger partial charge in [0, 0.05) is 28.4 Å². The lowest BCUT2D eigenvalue weighted by Crippen LogP contribution is -2.19. The number of fused-ring (bicyclic) bond motifs is 1. The van der Waals surface area contributed by atoms with Gasteiger partial charge in [-0.25, -0.2) is 4.79 Å². The van der Waals surface area contributed by atoms with E-state index in [1.807, 2.05) is 72.3 Å². The predicted octanol–water partition coefficient (Wildman–Crippen LogP) is 6.92. The van der Waals surface area contributed by atoms with E-state index in [1.165, 1.54) is 11.3 Å². The normalized spacial score (nSPS) is 11.0. The summed E-state index contributed by atoms with van der Waals surface area (Å²) in [5, 5.41) is 6.40. The molecule has 7 heteroatoms. The van der Waals surface area contributed by atoms with Crippen molar-refractivity contribution in [3.8, 4) is 16.9 Å². The molecule has 0 aliphatic rings. The highest BCUT2D eigenvalue weighted by molar-refractivity contribution is 7.15. The Hall–Kier alpha value is -3.58. The number of carbonyl (C=O) groups is 2. The summed E-state index contributed by atoms with van der Waals surface area (Å²) in [5.74, 6) is 0.0702. The first-order valence-electron chi connectivity index (χ1n) is 11.9. The first-order valence-corrected chi connectivity index (χ1v) is 12.8. The van der Waals surface area contributed by atoms with E-state index in [-0.39, 0.29) is 12.5 Å². The molecule has 2 heterocycles. The summed E-state index contributed by atoms with van der Waals surface area (Å²) < 4.78 is 13.0. The Morgan fingerprint density at radius 3 is 2.46 bits per heavy atom. The van der Waals surface area contributed by atoms with E-state index in [4.69, 9.17) is 9.47 Å². The molecule has 182 valence electrons. The Labute approximate surface area is 209 Å². The number of aromatic nitrogens is 1. The number of nitrogens with one attached hydrogen (secondary N) is 1. The number of aryl methyl sites for hydroxylation is 2. The molecule has 0 saturated carbocycles. The molecule has 4 aromatic rings. The van der Waals surface area contributed by atoms with Crippen LogP contribution in [0.5, 0.6) is 5.75 Å². The lowest BCUT2D eigenvalue weighted by molar-refractivity contribution is 0.0529. The van der Waals surface area contributed by atoms with Crippen LogP contribution >= 0.6 is 11.3 Å². The minimum Gasteiger partial charge on any atom is -0.494 e. The molecule has 0 radical (unpaired) electrons. The largest absolute Gasteiger partial charge is 0.494 e. The van der Waals surface area contributed by atoms with Crippen molar-refractivity contribution < 1.29 is 19.1 Å². The van der Waals surface area contributed by atoms with E-state index in [2.05, 4.69) is 12.2 Å². The summed E-state index contributed by atoms with van der Waals surface area (Å²) in [5.41, 5.74) is 4.46. The van der Waals surface area contributed by atoms with Crippen LogP contribution in [0.1, 0.15) is 53.6 Å². The number of rotatable bonds is 9. The van der Waals surface area contributed by atoms with E-state index in [0.29, 0.717) is 29.4 Å². The summed E-state index contributed by atoms with van der Waals surface area (Å²) in [7, 11) is 0. The minimum atomic E-state index is -0.460. The van der Waals surface area contributed by atoms with Crippen LogP contribution in [0.15, 0.2) is 53.9 Å². The van der Waals surface area contributed by atoms with Crippen LogP contribution < -0.4 is 10.1 Å². The fourth-order valence-electron chi connectivity index (χ4n) is 4.28. The van der Waals surface area contributed by atoms with Gasteiger partial charge in [0.15, 0.2) is 0 Å². The molecule has 2 aromatic carbocycles. The van der Waals surface area contributed by atoms with Gasteiger partial charge in [-0.3, -0.25) is 4.79 Å². The number of amides is 1. The third-order valence-corrected chi connectivity index (χ3v) is 6.79. The second kappa shape index (κ2) is 10.8. The molecule has 1 amide bonds. The Bertz CT molecular complexity index is 1350. The number of para-hydroxylation sites is 1. The van der Waals surface area contributed by atoms with Crippen LogP contribution in [-0.4, -0.2) is 29.7 Å². The number of ether oxygens (including phenoxy) is 2. The van der Waals surface area contributed by atoms with E-state index >= 15 is 0 Å². The van der Waals surface area contributed by atoms with E-state index in [0.717, 1.165) is 39.8 Å². The third-order valence-electron chi connectivity index (χ3n) is 5.89. The lowest BCUT2D eigenvalue weighted by Gasteiger charge is -2.11. The average molecular weight is 491 g/mol. The quantitative estimate of drug-likeness (QED) is 0.259. The highest BCUT2D eigenvalue weighted by atomic mass is 32.1. The number of anilines is 1. The predicted molar refractivity (Wildman–Crippen MR) is 142 cm³/mol. The van der Waals surface area contributed by atoms with Crippen molar-refractivity contribution in [2.75, 3.05) is 18.5 Å². The molecule has 1 N–H and O–H groups in total. The summed E-state index contributed by atoms with van der Waals surface area (Å²) in [6, 6.07) is 15.6. The maximum atomic E-state index is 13.5. The maximum Gasteiger partial charge on any atom is 0.341 e. The molecule has 0 aliphatic carbocycles. The molecule has 0 atom stereocenters. The first kappa shape index (κ1) is 24.5. The van der Waals surface area contributed by atoms with Gasteiger partial charge in [-0.1, -0.05) is 37.3 Å². The van der Waals surface area contributed by atoms with Crippen molar-refractivity contribution in [2.45, 2.75) is 40.7 Å². The zero-order valence-corrected chi connectivity index (χ0v) is 21.3. The summed E-state index contributed by atoms with van der Waals surface area (Å²) in [6.45, 7) is 9.35. The van der Waals surface area contributed by atoms with Crippen molar-refractivity contribution in [3.63, 3.8) is 0 Å². The van der Waals surface area contributed by atoms with Crippen molar-refractivity contribution >= 4 is 39.1 Å². The van der Waals surface area contributed by atoms with Gasteiger partial charge in [0.05, 0.1) is 13.2 Å². The monoisotopic (exact) mass is 490 g/mol. The SMILES string of the molecule is CCCOc1ccc(-c2csc(NC(=O)c3c(C)c4ccccc4n3CC)c2C(=O)OCC)cc1. The summed E-state index contributed by atoms with van der Waals surface area (Å²) in [6.07, 6.45) is 0.929. The standard InChI is InChI=1S/C28H30N2O4S/c1-5-16-34-20-14-12-19(13-15-20)22-17-35-27(24(22)28(32)33-7-3)29-26(31)25-18(4)21-10-8-9-11-23(21)30(25)6-2/h8-15,17H,5-7,16H2,1-4H3,(H,29,31). The van der Waals surface area contributed by atoms with Crippen molar-refractivity contribution in [3.05, 3.63) is 70.7 Å². The molecule has 0 spiro atoms. The fourth-order valence-corrected chi connectivity index (χ4v) is 5.23. The second-order valence-corrected chi connectivity index (χ2v) is 9.02. The molecular weight excluding hydrogens is 460 g/mol. The molecule has 0 unspecified atom stereocenters. The van der Waals surface area contributed by atoms with Gasteiger partial charge in [-0.05, 0) is 56.5 Å². The van der Waals surface area contributed by atoms with Crippen molar-refractivity contribution in [1.82, 2.24) is 4.57 Å². The van der Waals surface area contributed by atoms with Gasteiger partial charge in [-0.15, -0.1) is 11.3 Å². The highest BCUT2D eigenvalue weighted by Crippen LogP contribution is 2.37. The lowest BCUT2D eigenvalue weighted by atomic mass is 10.0. The van der Waals surface area contributed by atoms with Crippen LogP contribution in [0, 0.1) is 6.92 Å². The average Bonchev–Trinajstić information content (AvgIpc) is 3.41. The fraction of sp³-hybridized carbons (Fsp3) is 0.286. The first-order chi connectivity index (χ1) is 17.0. The Kier molecular flexibility index (Phi) is 7.56. The minimum absolute atomic E-state index is 0.245. The number of esters is 1. The topological polar surface area (TPSA) is 69.6 Å². The van der Waals surface area contributed by atoms with E-state index in [1.54, 1.807) is 6.92 Å². The molecule has 35 heavy (non-hydrogen) atoms. The zero-order valence-electron chi connectivity index (χ0n) is 20.5. The summed E-state index contributed by atoms with van der Waals surface area (Å²) in [4.78, 5) is 26.5. The van der Waals surface area contributed by atoms with Crippen LogP contribution in [0.3, 0.4) is 0 Å². The highest BCUT2D eigenvalue weighted by Gasteiger charge is 2.25. The second-order valence-electron chi connectivity index (χ2n) is 8.14. The van der Waals surface area contributed by atoms with Crippen molar-refractivity contribution in [2.24, 2.45) is 0 Å². The van der Waals surface area contributed by atoms with Gasteiger partial charge in [-0.2, -0.15) is 0 Å². The molecule has 4 rings (SSSR count). The van der Waals surface area contributed by atoms with Gasteiger partial charge in [0.25, 0.3) is 5.91 Å². The number of hydrogen-bond donors (Lipinski definition) is 1. The molecular formula is C28H30N2O4S. The summed E-state index contributed by atoms with van der Waals surface area (Å²) >= 11 is 1.32. The molecule has 0 bridgehead atoms. The maximum absolute atomic E-state index is 13.5. The molecule has 0 fully saturated rings. The molecule has 0 saturated heterocycles. The Balaban J connectivity index is 1.71. The van der Waals surface area contributed by atoms with Crippen molar-refractivity contribution in [1.29, 1.82) is 0 Å². The van der Waals surface area contributed by atoms with Gasteiger partial charge in [0.2, 0.25) is 0 Å². The van der Waals surface area contributed by atoms with Gasteiger partial charge >= 0.3 is 5.97 Å². The van der Waals surface area contributed by atoms with Crippen LogP contribution in [-0.2, 0) is 11.3 Å². The van der Waals surface area contributed by atoms with Gasteiger partial charge in [0.1, 0.15) is 22.0 Å². The number of benzene rings is 2. The molecule has 0 aliphatic heterocycles. The number of thiophene rings is 1. The number of carbonyl (C=O) groups excluding carboxylic acids is 2. The third kappa shape index (κ3) is 4.82.